The molecule has 146 valence electrons. The highest BCUT2D eigenvalue weighted by Gasteiger charge is 2.34. The average molecular weight is 383 g/mol. The van der Waals surface area contributed by atoms with Crippen LogP contribution in [0.2, 0.25) is 0 Å². The molecule has 3 aromatic carbocycles. The summed E-state index contributed by atoms with van der Waals surface area (Å²) in [6.45, 7) is 6.60. The molecule has 2 heterocycles. The first-order valence-electron chi connectivity index (χ1n) is 10.0. The minimum absolute atomic E-state index is 0.0792. The molecule has 0 unspecified atom stereocenters. The van der Waals surface area contributed by atoms with Crippen molar-refractivity contribution in [1.82, 2.24) is 0 Å². The van der Waals surface area contributed by atoms with Gasteiger partial charge in [0.15, 0.2) is 6.10 Å². The quantitative estimate of drug-likeness (QED) is 0.551. The van der Waals surface area contributed by atoms with E-state index in [1.807, 2.05) is 18.2 Å². The highest BCUT2D eigenvalue weighted by molar-refractivity contribution is 5.90. The molecule has 0 fully saturated rings. The molecule has 0 aliphatic carbocycles. The van der Waals surface area contributed by atoms with Gasteiger partial charge in [-0.05, 0) is 56.2 Å². The molecule has 0 spiro atoms. The Labute approximate surface area is 172 Å². The summed E-state index contributed by atoms with van der Waals surface area (Å²) < 4.78 is 12.1. The van der Waals surface area contributed by atoms with Crippen LogP contribution in [0.25, 0.3) is 16.7 Å². The highest BCUT2D eigenvalue weighted by Crippen LogP contribution is 2.50. The first kappa shape index (κ1) is 17.9. The van der Waals surface area contributed by atoms with Gasteiger partial charge in [-0.25, -0.2) is 0 Å². The fraction of sp³-hybridized carbons (Fsp3) is 0.231. The third-order valence-corrected chi connectivity index (χ3v) is 5.75. The summed E-state index contributed by atoms with van der Waals surface area (Å²) in [5, 5.41) is 3.68. The van der Waals surface area contributed by atoms with Crippen LogP contribution in [-0.4, -0.2) is 12.6 Å². The summed E-state index contributed by atoms with van der Waals surface area (Å²) in [5.41, 5.74) is 8.27. The van der Waals surface area contributed by atoms with Gasteiger partial charge in [-0.15, -0.1) is 0 Å². The third kappa shape index (κ3) is 2.89. The number of fused-ring (bicyclic) bond motifs is 5. The predicted molar refractivity (Wildman–Crippen MR) is 119 cm³/mol. The van der Waals surface area contributed by atoms with Gasteiger partial charge >= 0.3 is 0 Å². The number of hydrogen-bond acceptors (Lipinski definition) is 3. The van der Waals surface area contributed by atoms with Crippen LogP contribution in [0.3, 0.4) is 0 Å². The van der Waals surface area contributed by atoms with E-state index in [9.17, 15) is 0 Å². The van der Waals surface area contributed by atoms with Crippen LogP contribution in [0.4, 0.5) is 5.69 Å². The lowest BCUT2D eigenvalue weighted by Crippen LogP contribution is -2.32. The van der Waals surface area contributed by atoms with Crippen molar-refractivity contribution in [3.8, 4) is 22.6 Å². The number of benzene rings is 3. The Morgan fingerprint density at radius 2 is 1.79 bits per heavy atom. The van der Waals surface area contributed by atoms with Gasteiger partial charge in [-0.1, -0.05) is 42.5 Å². The summed E-state index contributed by atoms with van der Waals surface area (Å²) in [7, 11) is 1.70. The molecule has 1 atom stereocenters. The first-order valence-corrected chi connectivity index (χ1v) is 10.0. The second-order valence-electron chi connectivity index (χ2n) is 8.39. The van der Waals surface area contributed by atoms with Crippen LogP contribution in [0.5, 0.6) is 11.5 Å². The van der Waals surface area contributed by atoms with Crippen molar-refractivity contribution < 1.29 is 9.47 Å². The summed E-state index contributed by atoms with van der Waals surface area (Å²) in [4.78, 5) is 0. The Kier molecular flexibility index (Phi) is 3.95. The lowest BCUT2D eigenvalue weighted by molar-refractivity contribution is 0.242. The zero-order chi connectivity index (χ0) is 20.2. The molecule has 1 N–H and O–H groups in total. The van der Waals surface area contributed by atoms with Crippen molar-refractivity contribution in [2.24, 2.45) is 0 Å². The van der Waals surface area contributed by atoms with E-state index in [1.165, 1.54) is 22.3 Å². The lowest BCUT2D eigenvalue weighted by Gasteiger charge is -2.37. The van der Waals surface area contributed by atoms with E-state index < -0.39 is 0 Å². The molecule has 0 amide bonds. The minimum Gasteiger partial charge on any atom is -0.497 e. The molecule has 2 aliphatic rings. The van der Waals surface area contributed by atoms with Gasteiger partial charge in [0, 0.05) is 27.9 Å². The van der Waals surface area contributed by atoms with Crippen LogP contribution in [0.1, 0.15) is 43.6 Å². The van der Waals surface area contributed by atoms with Crippen LogP contribution < -0.4 is 14.8 Å². The van der Waals surface area contributed by atoms with Crippen LogP contribution in [0.15, 0.2) is 66.7 Å². The van der Waals surface area contributed by atoms with Crippen molar-refractivity contribution in [3.05, 3.63) is 83.4 Å². The molecule has 0 aromatic heterocycles. The highest BCUT2D eigenvalue weighted by atomic mass is 16.5. The summed E-state index contributed by atoms with van der Waals surface area (Å²) in [5.74, 6) is 1.75. The van der Waals surface area contributed by atoms with E-state index in [1.54, 1.807) is 7.11 Å². The molecule has 0 saturated carbocycles. The summed E-state index contributed by atoms with van der Waals surface area (Å²) >= 11 is 0. The second kappa shape index (κ2) is 6.41. The Hall–Kier alpha value is -3.20. The van der Waals surface area contributed by atoms with E-state index in [4.69, 9.17) is 9.47 Å². The van der Waals surface area contributed by atoms with E-state index >= 15 is 0 Å². The Morgan fingerprint density at radius 1 is 0.966 bits per heavy atom. The topological polar surface area (TPSA) is 30.5 Å². The van der Waals surface area contributed by atoms with Gasteiger partial charge in [0.25, 0.3) is 0 Å². The smallest absolute Gasteiger partial charge is 0.150 e. The monoisotopic (exact) mass is 383 g/mol. The van der Waals surface area contributed by atoms with Gasteiger partial charge in [-0.2, -0.15) is 0 Å². The molecule has 3 nitrogen and oxygen atoms in total. The fourth-order valence-electron chi connectivity index (χ4n) is 4.67. The van der Waals surface area contributed by atoms with Gasteiger partial charge < -0.3 is 14.8 Å². The van der Waals surface area contributed by atoms with Crippen LogP contribution >= 0.6 is 0 Å². The maximum atomic E-state index is 6.60. The molecule has 2 aliphatic heterocycles. The van der Waals surface area contributed by atoms with Crippen molar-refractivity contribution in [2.75, 3.05) is 12.4 Å². The van der Waals surface area contributed by atoms with Gasteiger partial charge in [0.05, 0.1) is 12.6 Å². The van der Waals surface area contributed by atoms with E-state index in [0.29, 0.717) is 0 Å². The standard InChI is InChI=1S/C26H25NO2/c1-16-15-26(2,3)27-21-13-12-20-19-10-5-6-11-22(19)29-25(24(20)23(16)21)17-8-7-9-18(14-17)28-4/h5-15,25,27H,1-4H3/t25-/m1/s1. The number of hydrogen-bond donors (Lipinski definition) is 1. The minimum atomic E-state index is -0.198. The van der Waals surface area contributed by atoms with Crippen LogP contribution in [-0.2, 0) is 0 Å². The number of para-hydroxylation sites is 1. The summed E-state index contributed by atoms with van der Waals surface area (Å²) in [6.07, 6.45) is 2.11. The molecule has 3 heteroatoms. The van der Waals surface area contributed by atoms with E-state index in [0.717, 1.165) is 28.3 Å². The van der Waals surface area contributed by atoms with Crippen molar-refractivity contribution in [3.63, 3.8) is 0 Å². The number of rotatable bonds is 2. The SMILES string of the molecule is COc1cccc([C@H]2Oc3ccccc3-c3ccc4c(c32)C(C)=CC(C)(C)N4)c1. The number of nitrogens with one attached hydrogen (secondary N) is 1. The number of ether oxygens (including phenoxy) is 2. The number of allylic oxidation sites excluding steroid dienone is 1. The third-order valence-electron chi connectivity index (χ3n) is 5.75. The number of anilines is 1. The largest absolute Gasteiger partial charge is 0.497 e. The van der Waals surface area contributed by atoms with Gasteiger partial charge in [-0.3, -0.25) is 0 Å². The van der Waals surface area contributed by atoms with Crippen molar-refractivity contribution >= 4 is 11.3 Å². The average Bonchev–Trinajstić information content (AvgIpc) is 2.71. The fourth-order valence-corrected chi connectivity index (χ4v) is 4.67. The van der Waals surface area contributed by atoms with Gasteiger partial charge in [0.2, 0.25) is 0 Å². The molecule has 5 rings (SSSR count). The zero-order valence-electron chi connectivity index (χ0n) is 17.2. The molecule has 0 radical (unpaired) electrons. The van der Waals surface area contributed by atoms with Crippen molar-refractivity contribution in [2.45, 2.75) is 32.4 Å². The van der Waals surface area contributed by atoms with E-state index in [2.05, 4.69) is 74.6 Å². The normalized spacial score (nSPS) is 18.3. The Morgan fingerprint density at radius 3 is 2.62 bits per heavy atom. The van der Waals surface area contributed by atoms with Crippen LogP contribution in [0, 0.1) is 0 Å². The molecule has 0 bridgehead atoms. The number of methoxy groups -OCH3 is 1. The zero-order valence-corrected chi connectivity index (χ0v) is 17.2. The summed E-state index contributed by atoms with van der Waals surface area (Å²) in [6, 6.07) is 20.9. The lowest BCUT2D eigenvalue weighted by atomic mass is 9.80. The molecular formula is C26H25NO2. The predicted octanol–water partition coefficient (Wildman–Crippen LogP) is 6.45. The van der Waals surface area contributed by atoms with E-state index in [-0.39, 0.29) is 11.6 Å². The molecular weight excluding hydrogens is 358 g/mol. The first-order chi connectivity index (χ1) is 14.0. The molecule has 0 saturated heterocycles. The maximum absolute atomic E-state index is 6.60. The van der Waals surface area contributed by atoms with Crippen molar-refractivity contribution in [1.29, 1.82) is 0 Å². The maximum Gasteiger partial charge on any atom is 0.150 e. The molecule has 3 aromatic rings. The Balaban J connectivity index is 1.79. The molecule has 29 heavy (non-hydrogen) atoms. The van der Waals surface area contributed by atoms with Gasteiger partial charge in [0.1, 0.15) is 11.5 Å². The Bertz CT molecular complexity index is 1140. The second-order valence-corrected chi connectivity index (χ2v) is 8.39.